The Morgan fingerprint density at radius 3 is 2.62 bits per heavy atom. The Balaban J connectivity index is 1.46. The standard InChI is InChI=1S/C31H19BrCl3N3O4/c1-40-26-7-4-8-27-21(26)14-28(42-27)30-37-25-6-3-2-5-20(25)31(39)38(30)36-15-18-12-19(33)13-22(32)29(18)41-16-17-9-10-23(34)24(35)11-17/h2-15H,16H2,1H3. The molecule has 2 aromatic heterocycles. The zero-order valence-corrected chi connectivity index (χ0v) is 25.6. The predicted octanol–water partition coefficient (Wildman–Crippen LogP) is 9.00. The van der Waals surface area contributed by atoms with Crippen molar-refractivity contribution >= 4 is 78.8 Å². The van der Waals surface area contributed by atoms with Gasteiger partial charge in [0.15, 0.2) is 5.76 Å². The molecule has 210 valence electrons. The minimum absolute atomic E-state index is 0.196. The van der Waals surface area contributed by atoms with Crippen LogP contribution < -0.4 is 15.0 Å². The maximum absolute atomic E-state index is 13.7. The van der Waals surface area contributed by atoms with Gasteiger partial charge in [-0.25, -0.2) is 4.98 Å². The van der Waals surface area contributed by atoms with Crippen LogP contribution in [0, 0.1) is 0 Å². The molecule has 2 heterocycles. The molecule has 0 aliphatic rings. The third-order valence-electron chi connectivity index (χ3n) is 6.43. The van der Waals surface area contributed by atoms with Gasteiger partial charge in [-0.3, -0.25) is 4.79 Å². The van der Waals surface area contributed by atoms with Gasteiger partial charge in [0, 0.05) is 10.6 Å². The number of hydrogen-bond donors (Lipinski definition) is 0. The van der Waals surface area contributed by atoms with Gasteiger partial charge in [0.2, 0.25) is 5.82 Å². The SMILES string of the molecule is COc1cccc2oc(-c3nc4ccccc4c(=O)n3N=Cc3cc(Cl)cc(Br)c3OCc3ccc(Cl)c(Cl)c3)cc12. The molecule has 0 bridgehead atoms. The number of hydrogen-bond acceptors (Lipinski definition) is 6. The molecule has 7 nitrogen and oxygen atoms in total. The molecule has 42 heavy (non-hydrogen) atoms. The van der Waals surface area contributed by atoms with Crippen molar-refractivity contribution in [1.29, 1.82) is 0 Å². The normalized spacial score (nSPS) is 11.5. The van der Waals surface area contributed by atoms with Crippen molar-refractivity contribution in [2.45, 2.75) is 6.61 Å². The highest BCUT2D eigenvalue weighted by molar-refractivity contribution is 9.10. The summed E-state index contributed by atoms with van der Waals surface area (Å²) in [5, 5.41) is 7.03. The lowest BCUT2D eigenvalue weighted by Crippen LogP contribution is -2.20. The second-order valence-corrected chi connectivity index (χ2v) is 11.2. The molecule has 0 spiro atoms. The first-order valence-electron chi connectivity index (χ1n) is 12.5. The predicted molar refractivity (Wildman–Crippen MR) is 171 cm³/mol. The molecular formula is C31H19BrCl3N3O4. The van der Waals surface area contributed by atoms with Gasteiger partial charge in [0.1, 0.15) is 23.7 Å². The maximum atomic E-state index is 13.7. The first-order valence-corrected chi connectivity index (χ1v) is 14.4. The van der Waals surface area contributed by atoms with Crippen molar-refractivity contribution in [1.82, 2.24) is 9.66 Å². The number of fused-ring (bicyclic) bond motifs is 2. The topological polar surface area (TPSA) is 78.9 Å². The average Bonchev–Trinajstić information content (AvgIpc) is 3.42. The molecule has 0 amide bonds. The van der Waals surface area contributed by atoms with Crippen LogP contribution in [0.25, 0.3) is 33.5 Å². The van der Waals surface area contributed by atoms with Crippen molar-refractivity contribution in [2.24, 2.45) is 5.10 Å². The first kappa shape index (κ1) is 28.3. The Morgan fingerprint density at radius 2 is 1.81 bits per heavy atom. The van der Waals surface area contributed by atoms with Crippen LogP contribution >= 0.6 is 50.7 Å². The molecular weight excluding hydrogens is 665 g/mol. The van der Waals surface area contributed by atoms with E-state index >= 15 is 0 Å². The average molecular weight is 684 g/mol. The van der Waals surface area contributed by atoms with Crippen LogP contribution in [0.15, 0.2) is 97.6 Å². The highest BCUT2D eigenvalue weighted by Crippen LogP contribution is 2.35. The molecule has 4 aromatic carbocycles. The summed E-state index contributed by atoms with van der Waals surface area (Å²) in [7, 11) is 1.58. The van der Waals surface area contributed by atoms with E-state index in [9.17, 15) is 4.79 Å². The lowest BCUT2D eigenvalue weighted by atomic mass is 10.2. The second-order valence-electron chi connectivity index (χ2n) is 9.14. The zero-order chi connectivity index (χ0) is 29.4. The van der Waals surface area contributed by atoms with Crippen LogP contribution in [0.2, 0.25) is 15.1 Å². The first-order chi connectivity index (χ1) is 20.3. The second kappa shape index (κ2) is 11.8. The van der Waals surface area contributed by atoms with Crippen molar-refractivity contribution < 1.29 is 13.9 Å². The Hall–Kier alpha value is -3.82. The van der Waals surface area contributed by atoms with E-state index in [0.717, 1.165) is 10.9 Å². The number of rotatable bonds is 7. The van der Waals surface area contributed by atoms with E-state index in [1.54, 1.807) is 55.6 Å². The molecule has 0 aliphatic carbocycles. The fourth-order valence-corrected chi connectivity index (χ4v) is 5.72. The number of benzene rings is 4. The Morgan fingerprint density at radius 1 is 0.976 bits per heavy atom. The van der Waals surface area contributed by atoms with Gasteiger partial charge in [0.25, 0.3) is 5.56 Å². The van der Waals surface area contributed by atoms with E-state index in [-0.39, 0.29) is 18.0 Å². The minimum atomic E-state index is -0.376. The summed E-state index contributed by atoms with van der Waals surface area (Å²) in [4.78, 5) is 18.5. The number of aromatic nitrogens is 2. The summed E-state index contributed by atoms with van der Waals surface area (Å²) in [5.74, 6) is 1.66. The number of furan rings is 1. The molecule has 0 unspecified atom stereocenters. The molecule has 0 atom stereocenters. The highest BCUT2D eigenvalue weighted by atomic mass is 79.9. The molecule has 0 saturated heterocycles. The lowest BCUT2D eigenvalue weighted by molar-refractivity contribution is 0.304. The number of methoxy groups -OCH3 is 1. The quantitative estimate of drug-likeness (QED) is 0.157. The molecule has 0 fully saturated rings. The van der Waals surface area contributed by atoms with Crippen LogP contribution in [-0.4, -0.2) is 23.0 Å². The van der Waals surface area contributed by atoms with Crippen LogP contribution in [0.3, 0.4) is 0 Å². The van der Waals surface area contributed by atoms with Crippen LogP contribution in [-0.2, 0) is 6.61 Å². The van der Waals surface area contributed by atoms with Crippen LogP contribution in [0.1, 0.15) is 11.1 Å². The summed E-state index contributed by atoms with van der Waals surface area (Å²) in [5.41, 5.74) is 2.05. The van der Waals surface area contributed by atoms with E-state index < -0.39 is 0 Å². The molecule has 0 N–H and O–H groups in total. The van der Waals surface area contributed by atoms with E-state index in [1.165, 1.54) is 10.9 Å². The van der Waals surface area contributed by atoms with Gasteiger partial charge in [0.05, 0.1) is 44.1 Å². The molecule has 11 heteroatoms. The fraction of sp³-hybridized carbons (Fsp3) is 0.0645. The van der Waals surface area contributed by atoms with Gasteiger partial charge in [-0.2, -0.15) is 9.78 Å². The Kier molecular flexibility index (Phi) is 7.96. The third kappa shape index (κ3) is 5.51. The van der Waals surface area contributed by atoms with E-state index in [2.05, 4.69) is 21.0 Å². The summed E-state index contributed by atoms with van der Waals surface area (Å²) >= 11 is 22.1. The molecule has 6 rings (SSSR count). The molecule has 6 aromatic rings. The zero-order valence-electron chi connectivity index (χ0n) is 21.8. The van der Waals surface area contributed by atoms with Crippen molar-refractivity contribution in [3.63, 3.8) is 0 Å². The van der Waals surface area contributed by atoms with Gasteiger partial charge in [-0.1, -0.05) is 59.1 Å². The lowest BCUT2D eigenvalue weighted by Gasteiger charge is -2.13. The Bertz CT molecular complexity index is 2070. The van der Waals surface area contributed by atoms with E-state index in [4.69, 9.17) is 53.7 Å². The smallest absolute Gasteiger partial charge is 0.282 e. The van der Waals surface area contributed by atoms with Gasteiger partial charge in [-0.15, -0.1) is 0 Å². The summed E-state index contributed by atoms with van der Waals surface area (Å²) in [6.07, 6.45) is 1.49. The van der Waals surface area contributed by atoms with Gasteiger partial charge >= 0.3 is 0 Å². The summed E-state index contributed by atoms with van der Waals surface area (Å²) in [6.45, 7) is 0.196. The third-order valence-corrected chi connectivity index (χ3v) is 7.98. The summed E-state index contributed by atoms with van der Waals surface area (Å²) in [6, 6.07) is 22.9. The van der Waals surface area contributed by atoms with Crippen LogP contribution in [0.5, 0.6) is 11.5 Å². The van der Waals surface area contributed by atoms with E-state index in [1.807, 2.05) is 30.3 Å². The van der Waals surface area contributed by atoms with Crippen molar-refractivity contribution in [3.05, 3.63) is 120 Å². The van der Waals surface area contributed by atoms with Gasteiger partial charge in [-0.05, 0) is 76.1 Å². The summed E-state index contributed by atoms with van der Waals surface area (Å²) < 4.78 is 19.5. The van der Waals surface area contributed by atoms with Crippen molar-refractivity contribution in [3.8, 4) is 23.1 Å². The number of halogens is 4. The van der Waals surface area contributed by atoms with Gasteiger partial charge < -0.3 is 13.9 Å². The fourth-order valence-electron chi connectivity index (χ4n) is 4.45. The Labute approximate surface area is 263 Å². The monoisotopic (exact) mass is 681 g/mol. The largest absolute Gasteiger partial charge is 0.496 e. The molecule has 0 radical (unpaired) electrons. The van der Waals surface area contributed by atoms with Crippen molar-refractivity contribution in [2.75, 3.05) is 7.11 Å². The maximum Gasteiger partial charge on any atom is 0.282 e. The minimum Gasteiger partial charge on any atom is -0.496 e. The number of para-hydroxylation sites is 1. The highest BCUT2D eigenvalue weighted by Gasteiger charge is 2.18. The molecule has 0 saturated carbocycles. The number of nitrogens with zero attached hydrogens (tertiary/aromatic N) is 3. The van der Waals surface area contributed by atoms with E-state index in [0.29, 0.717) is 58.8 Å². The molecule has 0 aliphatic heterocycles. The number of ether oxygens (including phenoxy) is 2. The van der Waals surface area contributed by atoms with Crippen LogP contribution in [0.4, 0.5) is 0 Å².